The molecule has 0 amide bonds. The highest BCUT2D eigenvalue weighted by molar-refractivity contribution is 9.10. The molecule has 2 N–H and O–H groups in total. The lowest BCUT2D eigenvalue weighted by atomic mass is 9.83. The fourth-order valence-electron chi connectivity index (χ4n) is 2.99. The summed E-state index contributed by atoms with van der Waals surface area (Å²) < 4.78 is 1.14. The number of hydrogen-bond donors (Lipinski definition) is 1. The maximum absolute atomic E-state index is 5.86. The van der Waals surface area contributed by atoms with Crippen LogP contribution in [0.25, 0.3) is 0 Å². The Bertz CT molecular complexity index is 356. The number of anilines is 1. The minimum atomic E-state index is 0.580. The van der Waals surface area contributed by atoms with Crippen LogP contribution in [0.3, 0.4) is 0 Å². The van der Waals surface area contributed by atoms with Crippen molar-refractivity contribution in [2.45, 2.75) is 24.9 Å². The van der Waals surface area contributed by atoms with Crippen LogP contribution in [0.5, 0.6) is 0 Å². The highest BCUT2D eigenvalue weighted by Gasteiger charge is 2.49. The maximum Gasteiger partial charge on any atom is 0.0445 e. The van der Waals surface area contributed by atoms with Gasteiger partial charge < -0.3 is 10.6 Å². The topological polar surface area (TPSA) is 29.3 Å². The van der Waals surface area contributed by atoms with Gasteiger partial charge in [0.2, 0.25) is 0 Å². The van der Waals surface area contributed by atoms with Crippen molar-refractivity contribution in [2.75, 3.05) is 11.4 Å². The van der Waals surface area contributed by atoms with E-state index in [0.717, 1.165) is 23.0 Å². The molecule has 1 saturated carbocycles. The third-order valence-electron chi connectivity index (χ3n) is 3.81. The Morgan fingerprint density at radius 1 is 1.27 bits per heavy atom. The third kappa shape index (κ3) is 1.41. The van der Waals surface area contributed by atoms with Crippen molar-refractivity contribution in [2.24, 2.45) is 11.7 Å². The summed E-state index contributed by atoms with van der Waals surface area (Å²) >= 11 is 3.47. The average Bonchev–Trinajstić information content (AvgIpc) is 2.71. The Labute approximate surface area is 98.6 Å². The normalized spacial score (nSPS) is 32.9. The molecule has 1 aromatic carbocycles. The molecule has 2 aliphatic heterocycles. The van der Waals surface area contributed by atoms with Gasteiger partial charge in [0.25, 0.3) is 0 Å². The van der Waals surface area contributed by atoms with Crippen LogP contribution in [-0.2, 0) is 0 Å². The van der Waals surface area contributed by atoms with E-state index >= 15 is 0 Å². The minimum absolute atomic E-state index is 0.580. The van der Waals surface area contributed by atoms with E-state index in [1.807, 2.05) is 0 Å². The molecule has 15 heavy (non-hydrogen) atoms. The van der Waals surface area contributed by atoms with Crippen molar-refractivity contribution in [3.05, 3.63) is 28.7 Å². The van der Waals surface area contributed by atoms with Gasteiger partial charge in [0, 0.05) is 28.8 Å². The molecule has 1 aromatic rings. The molecule has 3 fully saturated rings. The van der Waals surface area contributed by atoms with Crippen LogP contribution in [0.2, 0.25) is 0 Å². The smallest absolute Gasteiger partial charge is 0.0445 e. The second-order valence-electron chi connectivity index (χ2n) is 4.57. The number of nitrogens with zero attached hydrogens (tertiary/aromatic N) is 1. The first-order valence-corrected chi connectivity index (χ1v) is 6.33. The third-order valence-corrected chi connectivity index (χ3v) is 4.34. The zero-order valence-corrected chi connectivity index (χ0v) is 10.2. The average molecular weight is 267 g/mol. The van der Waals surface area contributed by atoms with Crippen LogP contribution in [-0.4, -0.2) is 18.6 Å². The van der Waals surface area contributed by atoms with Gasteiger partial charge in [-0.3, -0.25) is 0 Å². The van der Waals surface area contributed by atoms with Crippen molar-refractivity contribution < 1.29 is 0 Å². The van der Waals surface area contributed by atoms with Gasteiger partial charge in [-0.15, -0.1) is 0 Å². The first-order chi connectivity index (χ1) is 7.29. The van der Waals surface area contributed by atoms with Crippen molar-refractivity contribution in [1.29, 1.82) is 0 Å². The van der Waals surface area contributed by atoms with Gasteiger partial charge in [-0.05, 0) is 43.0 Å². The lowest BCUT2D eigenvalue weighted by Crippen LogP contribution is -2.36. The van der Waals surface area contributed by atoms with Gasteiger partial charge in [0.15, 0.2) is 0 Å². The summed E-state index contributed by atoms with van der Waals surface area (Å²) in [6.45, 7) is 0.789. The number of fused-ring (bicyclic) bond motifs is 1. The van der Waals surface area contributed by atoms with Crippen molar-refractivity contribution in [3.8, 4) is 0 Å². The Morgan fingerprint density at radius 3 is 2.53 bits per heavy atom. The SMILES string of the molecule is NCC1C2CC(C2)N1c1ccc(Br)cc1. The highest BCUT2D eigenvalue weighted by atomic mass is 79.9. The van der Waals surface area contributed by atoms with Crippen molar-refractivity contribution in [1.82, 2.24) is 0 Å². The fraction of sp³-hybridized carbons (Fsp3) is 0.500. The molecule has 2 nitrogen and oxygen atoms in total. The number of rotatable bonds is 2. The van der Waals surface area contributed by atoms with Gasteiger partial charge in [-0.2, -0.15) is 0 Å². The van der Waals surface area contributed by atoms with E-state index in [1.54, 1.807) is 0 Å². The molecular weight excluding hydrogens is 252 g/mol. The summed E-state index contributed by atoms with van der Waals surface area (Å²) in [5.41, 5.74) is 7.19. The minimum Gasteiger partial charge on any atom is -0.364 e. The Kier molecular flexibility index (Phi) is 2.25. The van der Waals surface area contributed by atoms with Gasteiger partial charge in [0.05, 0.1) is 0 Å². The lowest BCUT2D eigenvalue weighted by Gasteiger charge is -2.28. The number of benzene rings is 1. The Morgan fingerprint density at radius 2 is 1.93 bits per heavy atom. The van der Waals surface area contributed by atoms with E-state index in [-0.39, 0.29) is 0 Å². The van der Waals surface area contributed by atoms with Crippen LogP contribution in [0, 0.1) is 5.92 Å². The number of halogens is 1. The molecule has 1 atom stereocenters. The molecule has 80 valence electrons. The molecule has 2 heterocycles. The molecule has 3 heteroatoms. The molecule has 0 spiro atoms. The summed E-state index contributed by atoms with van der Waals surface area (Å²) in [6.07, 6.45) is 2.69. The van der Waals surface area contributed by atoms with E-state index in [9.17, 15) is 0 Å². The molecular formula is C12H15BrN2. The zero-order chi connectivity index (χ0) is 10.4. The largest absolute Gasteiger partial charge is 0.364 e. The first-order valence-electron chi connectivity index (χ1n) is 5.53. The molecule has 3 aliphatic rings. The molecule has 2 saturated heterocycles. The zero-order valence-electron chi connectivity index (χ0n) is 8.57. The van der Waals surface area contributed by atoms with Crippen molar-refractivity contribution >= 4 is 21.6 Å². The van der Waals surface area contributed by atoms with Gasteiger partial charge in [0.1, 0.15) is 0 Å². The van der Waals surface area contributed by atoms with Crippen LogP contribution in [0.4, 0.5) is 5.69 Å². The van der Waals surface area contributed by atoms with Crippen LogP contribution >= 0.6 is 15.9 Å². The predicted octanol–water partition coefficient (Wildman–Crippen LogP) is 2.38. The summed E-state index contributed by atoms with van der Waals surface area (Å²) in [4.78, 5) is 2.52. The molecule has 4 rings (SSSR count). The predicted molar refractivity (Wildman–Crippen MR) is 66.0 cm³/mol. The monoisotopic (exact) mass is 266 g/mol. The second-order valence-corrected chi connectivity index (χ2v) is 5.49. The first kappa shape index (κ1) is 9.67. The molecule has 0 aromatic heterocycles. The number of nitrogens with two attached hydrogens (primary N) is 1. The summed E-state index contributed by atoms with van der Waals surface area (Å²) in [6, 6.07) is 9.93. The van der Waals surface area contributed by atoms with E-state index in [2.05, 4.69) is 45.1 Å². The lowest BCUT2D eigenvalue weighted by molar-refractivity contribution is 0.354. The molecule has 0 radical (unpaired) electrons. The van der Waals surface area contributed by atoms with Gasteiger partial charge in [-0.1, -0.05) is 15.9 Å². The highest BCUT2D eigenvalue weighted by Crippen LogP contribution is 2.47. The van der Waals surface area contributed by atoms with E-state index in [1.165, 1.54) is 18.5 Å². The van der Waals surface area contributed by atoms with E-state index in [0.29, 0.717) is 6.04 Å². The van der Waals surface area contributed by atoms with Crippen LogP contribution < -0.4 is 10.6 Å². The van der Waals surface area contributed by atoms with Crippen LogP contribution in [0.1, 0.15) is 12.8 Å². The fourth-order valence-corrected chi connectivity index (χ4v) is 3.25. The van der Waals surface area contributed by atoms with Crippen LogP contribution in [0.15, 0.2) is 28.7 Å². The molecule has 1 unspecified atom stereocenters. The number of hydrogen-bond acceptors (Lipinski definition) is 2. The molecule has 2 bridgehead atoms. The van der Waals surface area contributed by atoms with Gasteiger partial charge >= 0.3 is 0 Å². The second kappa shape index (κ2) is 3.49. The summed E-state index contributed by atoms with van der Waals surface area (Å²) in [5, 5.41) is 0. The molecule has 1 aliphatic carbocycles. The van der Waals surface area contributed by atoms with E-state index in [4.69, 9.17) is 5.73 Å². The standard InChI is InChI=1S/C12H15BrN2/c13-9-1-3-10(4-2-9)15-11-5-8(6-11)12(15)7-14/h1-4,8,11-12H,5-7,14H2. The Hall–Kier alpha value is -0.540. The summed E-state index contributed by atoms with van der Waals surface area (Å²) in [5.74, 6) is 0.851. The maximum atomic E-state index is 5.86. The van der Waals surface area contributed by atoms with E-state index < -0.39 is 0 Å². The van der Waals surface area contributed by atoms with Crippen molar-refractivity contribution in [3.63, 3.8) is 0 Å². The quantitative estimate of drug-likeness (QED) is 0.891. The summed E-state index contributed by atoms with van der Waals surface area (Å²) in [7, 11) is 0. The van der Waals surface area contributed by atoms with Gasteiger partial charge in [-0.25, -0.2) is 0 Å². The Balaban J connectivity index is 1.90.